The van der Waals surface area contributed by atoms with Crippen molar-refractivity contribution in [1.29, 1.82) is 0 Å². The quantitative estimate of drug-likeness (QED) is 0.483. The molecule has 0 aromatic heterocycles. The first-order valence-electron chi connectivity index (χ1n) is 8.78. The fourth-order valence-electron chi connectivity index (χ4n) is 2.84. The summed E-state index contributed by atoms with van der Waals surface area (Å²) in [6.07, 6.45) is 9.51. The summed E-state index contributed by atoms with van der Waals surface area (Å²) in [7, 11) is 0. The summed E-state index contributed by atoms with van der Waals surface area (Å²) in [5, 5.41) is 3.79. The van der Waals surface area contributed by atoms with E-state index in [0.29, 0.717) is 0 Å². The molecule has 0 radical (unpaired) electrons. The maximum atomic E-state index is 3.79. The van der Waals surface area contributed by atoms with Gasteiger partial charge in [0.15, 0.2) is 0 Å². The molecule has 3 atom stereocenters. The van der Waals surface area contributed by atoms with Crippen LogP contribution in [0.25, 0.3) is 0 Å². The van der Waals surface area contributed by atoms with E-state index < -0.39 is 0 Å². The predicted molar refractivity (Wildman–Crippen MR) is 88.6 cm³/mol. The maximum Gasteiger partial charge on any atom is 0.00672 e. The lowest BCUT2D eigenvalue weighted by Gasteiger charge is -2.25. The SMILES string of the molecule is CCCCC(CCC(CC)C(C)CC)NCC(C)C. The minimum absolute atomic E-state index is 0.750. The third kappa shape index (κ3) is 9.49. The average molecular weight is 270 g/mol. The molecule has 3 unspecified atom stereocenters. The Morgan fingerprint density at radius 3 is 2.00 bits per heavy atom. The number of nitrogens with one attached hydrogen (secondary N) is 1. The Balaban J connectivity index is 4.13. The van der Waals surface area contributed by atoms with Crippen LogP contribution in [0.5, 0.6) is 0 Å². The van der Waals surface area contributed by atoms with Gasteiger partial charge in [0, 0.05) is 6.04 Å². The Bertz CT molecular complexity index is 188. The van der Waals surface area contributed by atoms with Crippen LogP contribution in [0.2, 0.25) is 0 Å². The highest BCUT2D eigenvalue weighted by Gasteiger charge is 2.16. The van der Waals surface area contributed by atoms with Crippen LogP contribution in [0.4, 0.5) is 0 Å². The van der Waals surface area contributed by atoms with E-state index in [4.69, 9.17) is 0 Å². The van der Waals surface area contributed by atoms with Gasteiger partial charge in [-0.15, -0.1) is 0 Å². The Morgan fingerprint density at radius 1 is 0.842 bits per heavy atom. The molecule has 0 aliphatic carbocycles. The van der Waals surface area contributed by atoms with Crippen molar-refractivity contribution in [1.82, 2.24) is 5.32 Å². The molecule has 19 heavy (non-hydrogen) atoms. The van der Waals surface area contributed by atoms with E-state index in [1.54, 1.807) is 0 Å². The van der Waals surface area contributed by atoms with Crippen LogP contribution in [0.3, 0.4) is 0 Å². The van der Waals surface area contributed by atoms with E-state index in [0.717, 1.165) is 23.8 Å². The summed E-state index contributed by atoms with van der Waals surface area (Å²) >= 11 is 0. The topological polar surface area (TPSA) is 12.0 Å². The maximum absolute atomic E-state index is 3.79. The number of hydrogen-bond acceptors (Lipinski definition) is 1. The van der Waals surface area contributed by atoms with Crippen molar-refractivity contribution in [2.75, 3.05) is 6.54 Å². The Morgan fingerprint density at radius 2 is 1.53 bits per heavy atom. The van der Waals surface area contributed by atoms with Crippen molar-refractivity contribution in [3.05, 3.63) is 0 Å². The molecule has 1 N–H and O–H groups in total. The van der Waals surface area contributed by atoms with Gasteiger partial charge in [-0.1, -0.05) is 67.2 Å². The lowest BCUT2D eigenvalue weighted by Crippen LogP contribution is -2.33. The lowest BCUT2D eigenvalue weighted by molar-refractivity contribution is 0.286. The summed E-state index contributed by atoms with van der Waals surface area (Å²) in [6.45, 7) is 15.2. The van der Waals surface area contributed by atoms with Crippen molar-refractivity contribution >= 4 is 0 Å². The van der Waals surface area contributed by atoms with Crippen LogP contribution in [-0.2, 0) is 0 Å². The molecule has 0 heterocycles. The van der Waals surface area contributed by atoms with Crippen LogP contribution in [0.15, 0.2) is 0 Å². The monoisotopic (exact) mass is 269 g/mol. The fourth-order valence-corrected chi connectivity index (χ4v) is 2.84. The highest BCUT2D eigenvalue weighted by atomic mass is 14.9. The van der Waals surface area contributed by atoms with Gasteiger partial charge in [0.1, 0.15) is 0 Å². The second-order valence-corrected chi connectivity index (χ2v) is 6.77. The number of hydrogen-bond donors (Lipinski definition) is 1. The van der Waals surface area contributed by atoms with Gasteiger partial charge in [-0.2, -0.15) is 0 Å². The van der Waals surface area contributed by atoms with Crippen molar-refractivity contribution in [3.63, 3.8) is 0 Å². The summed E-state index contributed by atoms with van der Waals surface area (Å²) in [5.41, 5.74) is 0. The van der Waals surface area contributed by atoms with Crippen molar-refractivity contribution in [3.8, 4) is 0 Å². The normalized spacial score (nSPS) is 16.6. The molecule has 0 rings (SSSR count). The average Bonchev–Trinajstić information content (AvgIpc) is 2.40. The van der Waals surface area contributed by atoms with E-state index in [2.05, 4.69) is 46.9 Å². The van der Waals surface area contributed by atoms with Crippen molar-refractivity contribution in [2.45, 2.75) is 92.5 Å². The molecule has 0 aliphatic heterocycles. The molecule has 1 nitrogen and oxygen atoms in total. The van der Waals surface area contributed by atoms with E-state index in [1.165, 1.54) is 51.5 Å². The molecule has 1 heteroatoms. The summed E-state index contributed by atoms with van der Waals surface area (Å²) in [5.74, 6) is 2.58. The molecular formula is C18H39N. The number of rotatable bonds is 12. The molecule has 116 valence electrons. The van der Waals surface area contributed by atoms with E-state index in [1.807, 2.05) is 0 Å². The molecule has 0 amide bonds. The lowest BCUT2D eigenvalue weighted by atomic mass is 9.84. The van der Waals surface area contributed by atoms with E-state index >= 15 is 0 Å². The highest BCUT2D eigenvalue weighted by Crippen LogP contribution is 2.25. The fraction of sp³-hybridized carbons (Fsp3) is 1.00. The second kappa shape index (κ2) is 11.8. The predicted octanol–water partition coefficient (Wildman–Crippen LogP) is 5.64. The zero-order valence-corrected chi connectivity index (χ0v) is 14.5. The standard InChI is InChI=1S/C18H39N/c1-7-10-11-18(19-14-15(4)5)13-12-17(9-3)16(6)8-2/h15-19H,7-14H2,1-6H3. The van der Waals surface area contributed by atoms with Crippen LogP contribution in [0, 0.1) is 17.8 Å². The molecule has 0 bridgehead atoms. The smallest absolute Gasteiger partial charge is 0.00672 e. The molecule has 0 aromatic rings. The Labute approximate surface area is 122 Å². The highest BCUT2D eigenvalue weighted by molar-refractivity contribution is 4.72. The van der Waals surface area contributed by atoms with Gasteiger partial charge in [-0.3, -0.25) is 0 Å². The molecular weight excluding hydrogens is 230 g/mol. The zero-order valence-electron chi connectivity index (χ0n) is 14.5. The van der Waals surface area contributed by atoms with E-state index in [9.17, 15) is 0 Å². The van der Waals surface area contributed by atoms with Gasteiger partial charge in [0.25, 0.3) is 0 Å². The van der Waals surface area contributed by atoms with E-state index in [-0.39, 0.29) is 0 Å². The zero-order chi connectivity index (χ0) is 14.7. The van der Waals surface area contributed by atoms with Crippen LogP contribution < -0.4 is 5.32 Å². The second-order valence-electron chi connectivity index (χ2n) is 6.77. The largest absolute Gasteiger partial charge is 0.314 e. The van der Waals surface area contributed by atoms with Crippen LogP contribution in [0.1, 0.15) is 86.5 Å². The van der Waals surface area contributed by atoms with Gasteiger partial charge in [0.2, 0.25) is 0 Å². The first-order chi connectivity index (χ1) is 9.04. The van der Waals surface area contributed by atoms with Crippen molar-refractivity contribution < 1.29 is 0 Å². The summed E-state index contributed by atoms with van der Waals surface area (Å²) < 4.78 is 0. The molecule has 0 saturated carbocycles. The van der Waals surface area contributed by atoms with Gasteiger partial charge in [-0.05, 0) is 43.6 Å². The van der Waals surface area contributed by atoms with Crippen molar-refractivity contribution in [2.24, 2.45) is 17.8 Å². The molecule has 0 fully saturated rings. The van der Waals surface area contributed by atoms with Gasteiger partial charge in [-0.25, -0.2) is 0 Å². The Kier molecular flexibility index (Phi) is 11.7. The first kappa shape index (κ1) is 19.0. The summed E-state index contributed by atoms with van der Waals surface area (Å²) in [4.78, 5) is 0. The first-order valence-corrected chi connectivity index (χ1v) is 8.78. The molecule has 0 spiro atoms. The molecule has 0 aromatic carbocycles. The third-order valence-corrected chi connectivity index (χ3v) is 4.58. The minimum Gasteiger partial charge on any atom is -0.314 e. The summed E-state index contributed by atoms with van der Waals surface area (Å²) in [6, 6.07) is 0.750. The molecule has 0 aliphatic rings. The van der Waals surface area contributed by atoms with Crippen LogP contribution >= 0.6 is 0 Å². The van der Waals surface area contributed by atoms with Gasteiger partial charge in [0.05, 0.1) is 0 Å². The van der Waals surface area contributed by atoms with Gasteiger partial charge >= 0.3 is 0 Å². The third-order valence-electron chi connectivity index (χ3n) is 4.58. The van der Waals surface area contributed by atoms with Crippen LogP contribution in [-0.4, -0.2) is 12.6 Å². The minimum atomic E-state index is 0.750. The molecule has 0 saturated heterocycles. The Hall–Kier alpha value is -0.0400. The number of unbranched alkanes of at least 4 members (excludes halogenated alkanes) is 1. The van der Waals surface area contributed by atoms with Gasteiger partial charge < -0.3 is 5.32 Å².